The maximum Gasteiger partial charge on any atom is 0.306 e. The van der Waals surface area contributed by atoms with E-state index in [1.54, 1.807) is 0 Å². The first-order chi connectivity index (χ1) is 11.7. The van der Waals surface area contributed by atoms with Crippen molar-refractivity contribution in [1.82, 2.24) is 0 Å². The summed E-state index contributed by atoms with van der Waals surface area (Å²) in [7, 11) is 0. The van der Waals surface area contributed by atoms with Crippen LogP contribution in [0.1, 0.15) is 130 Å². The van der Waals surface area contributed by atoms with Crippen LogP contribution in [0.2, 0.25) is 0 Å². The average Bonchev–Trinajstić information content (AvgIpc) is 2.56. The highest BCUT2D eigenvalue weighted by Gasteiger charge is 2.08. The molecule has 0 aliphatic rings. The number of hydrogen-bond acceptors (Lipinski definition) is 2. The molecule has 0 saturated heterocycles. The second-order valence-electron chi connectivity index (χ2n) is 7.44. The van der Waals surface area contributed by atoms with Gasteiger partial charge in [0, 0.05) is 6.42 Å². The molecule has 2 nitrogen and oxygen atoms in total. The van der Waals surface area contributed by atoms with Crippen molar-refractivity contribution >= 4 is 5.97 Å². The summed E-state index contributed by atoms with van der Waals surface area (Å²) in [4.78, 5) is 11.8. The van der Waals surface area contributed by atoms with Gasteiger partial charge in [-0.1, -0.05) is 97.3 Å². The van der Waals surface area contributed by atoms with Gasteiger partial charge < -0.3 is 4.74 Å². The second-order valence-corrected chi connectivity index (χ2v) is 7.44. The van der Waals surface area contributed by atoms with E-state index in [4.69, 9.17) is 4.74 Å². The molecule has 0 rings (SSSR count). The summed E-state index contributed by atoms with van der Waals surface area (Å²) < 4.78 is 5.52. The summed E-state index contributed by atoms with van der Waals surface area (Å²) in [5.74, 6) is 0.0106. The molecule has 2 heteroatoms. The molecular weight excluding hydrogens is 296 g/mol. The van der Waals surface area contributed by atoms with Crippen LogP contribution in [-0.2, 0) is 9.53 Å². The zero-order chi connectivity index (χ0) is 17.9. The molecule has 0 heterocycles. The third-order valence-electron chi connectivity index (χ3n) is 4.78. The fourth-order valence-electron chi connectivity index (χ4n) is 3.13. The summed E-state index contributed by atoms with van der Waals surface area (Å²) in [5, 5.41) is 0. The number of carbonyl (C=O) groups is 1. The van der Waals surface area contributed by atoms with Gasteiger partial charge in [-0.15, -0.1) is 0 Å². The first kappa shape index (κ1) is 23.5. The number of ether oxygens (including phenoxy) is 1. The van der Waals surface area contributed by atoms with Crippen LogP contribution in [-0.4, -0.2) is 12.1 Å². The number of esters is 1. The Morgan fingerprint density at radius 2 is 1.08 bits per heavy atom. The number of rotatable bonds is 18. The minimum atomic E-state index is 0.0106. The zero-order valence-corrected chi connectivity index (χ0v) is 16.9. The van der Waals surface area contributed by atoms with Crippen molar-refractivity contribution in [3.8, 4) is 0 Å². The van der Waals surface area contributed by atoms with Gasteiger partial charge in [0.15, 0.2) is 0 Å². The maximum atomic E-state index is 11.8. The van der Waals surface area contributed by atoms with E-state index in [0.717, 1.165) is 12.8 Å². The fraction of sp³-hybridized carbons (Fsp3) is 0.955. The van der Waals surface area contributed by atoms with Crippen molar-refractivity contribution in [2.45, 2.75) is 136 Å². The monoisotopic (exact) mass is 340 g/mol. The molecular formula is C22H44O2. The molecule has 0 radical (unpaired) electrons. The first-order valence-electron chi connectivity index (χ1n) is 10.9. The van der Waals surface area contributed by atoms with Gasteiger partial charge in [0.05, 0.1) is 6.10 Å². The van der Waals surface area contributed by atoms with Crippen LogP contribution < -0.4 is 0 Å². The smallest absolute Gasteiger partial charge is 0.306 e. The number of unbranched alkanes of at least 4 members (excludes halogenated alkanes) is 13. The molecule has 0 spiro atoms. The number of carbonyl (C=O) groups excluding carboxylic acids is 1. The van der Waals surface area contributed by atoms with Crippen molar-refractivity contribution in [2.24, 2.45) is 0 Å². The Kier molecular flexibility index (Phi) is 18.4. The molecule has 0 aliphatic heterocycles. The molecule has 0 amide bonds. The molecule has 1 atom stereocenters. The molecule has 24 heavy (non-hydrogen) atoms. The Morgan fingerprint density at radius 3 is 1.58 bits per heavy atom. The van der Waals surface area contributed by atoms with Crippen LogP contribution in [0.4, 0.5) is 0 Å². The minimum absolute atomic E-state index is 0.0106. The molecule has 144 valence electrons. The summed E-state index contributed by atoms with van der Waals surface area (Å²) >= 11 is 0. The predicted octanol–water partition coefficient (Wildman–Crippen LogP) is 7.59. The van der Waals surface area contributed by atoms with E-state index in [9.17, 15) is 4.79 Å². The largest absolute Gasteiger partial charge is 0.463 e. The lowest BCUT2D eigenvalue weighted by Crippen LogP contribution is -2.14. The van der Waals surface area contributed by atoms with Crippen molar-refractivity contribution in [3.63, 3.8) is 0 Å². The van der Waals surface area contributed by atoms with Crippen LogP contribution in [0.25, 0.3) is 0 Å². The third-order valence-corrected chi connectivity index (χ3v) is 4.78. The van der Waals surface area contributed by atoms with Gasteiger partial charge in [0.1, 0.15) is 0 Å². The second kappa shape index (κ2) is 18.8. The van der Waals surface area contributed by atoms with E-state index in [1.807, 2.05) is 6.92 Å². The Morgan fingerprint density at radius 1 is 0.667 bits per heavy atom. The molecule has 0 N–H and O–H groups in total. The van der Waals surface area contributed by atoms with Crippen molar-refractivity contribution in [3.05, 3.63) is 0 Å². The molecule has 1 unspecified atom stereocenters. The molecule has 0 aromatic heterocycles. The summed E-state index contributed by atoms with van der Waals surface area (Å²) in [6.45, 7) is 6.55. The number of hydrogen-bond donors (Lipinski definition) is 0. The molecule has 0 aliphatic carbocycles. The van der Waals surface area contributed by atoms with Crippen LogP contribution in [0, 0.1) is 0 Å². The van der Waals surface area contributed by atoms with E-state index in [0.29, 0.717) is 6.42 Å². The molecule has 0 aromatic rings. The minimum Gasteiger partial charge on any atom is -0.463 e. The Labute approximate surface area is 152 Å². The van der Waals surface area contributed by atoms with E-state index in [-0.39, 0.29) is 12.1 Å². The van der Waals surface area contributed by atoms with Crippen LogP contribution in [0.5, 0.6) is 0 Å². The lowest BCUT2D eigenvalue weighted by Gasteiger charge is -2.13. The third kappa shape index (κ3) is 17.8. The van der Waals surface area contributed by atoms with Crippen molar-refractivity contribution < 1.29 is 9.53 Å². The normalized spacial score (nSPS) is 12.3. The zero-order valence-electron chi connectivity index (χ0n) is 16.9. The van der Waals surface area contributed by atoms with Gasteiger partial charge in [-0.2, -0.15) is 0 Å². The fourth-order valence-corrected chi connectivity index (χ4v) is 3.13. The highest BCUT2D eigenvalue weighted by Crippen LogP contribution is 2.13. The van der Waals surface area contributed by atoms with E-state index >= 15 is 0 Å². The van der Waals surface area contributed by atoms with Gasteiger partial charge in [0.25, 0.3) is 0 Å². The molecule has 0 aromatic carbocycles. The highest BCUT2D eigenvalue weighted by molar-refractivity contribution is 5.69. The highest BCUT2D eigenvalue weighted by atomic mass is 16.5. The Hall–Kier alpha value is -0.530. The summed E-state index contributed by atoms with van der Waals surface area (Å²) in [6, 6.07) is 0. The van der Waals surface area contributed by atoms with Gasteiger partial charge in [-0.05, 0) is 26.2 Å². The maximum absolute atomic E-state index is 11.8. The quantitative estimate of drug-likeness (QED) is 0.190. The Balaban J connectivity index is 3.33. The summed E-state index contributed by atoms with van der Waals surface area (Å²) in [5.41, 5.74) is 0. The van der Waals surface area contributed by atoms with Crippen LogP contribution in [0.15, 0.2) is 0 Å². The summed E-state index contributed by atoms with van der Waals surface area (Å²) in [6.07, 6.45) is 21.1. The van der Waals surface area contributed by atoms with Crippen molar-refractivity contribution in [2.75, 3.05) is 0 Å². The standard InChI is InChI=1S/C22H44O2/c1-4-6-8-10-12-14-16-18-20-22(23)24-21(3)19-17-15-13-11-9-7-5-2/h21H,4-20H2,1-3H3. The van der Waals surface area contributed by atoms with Gasteiger partial charge >= 0.3 is 5.97 Å². The topological polar surface area (TPSA) is 26.3 Å². The van der Waals surface area contributed by atoms with E-state index in [2.05, 4.69) is 13.8 Å². The van der Waals surface area contributed by atoms with Crippen molar-refractivity contribution in [1.29, 1.82) is 0 Å². The predicted molar refractivity (Wildman–Crippen MR) is 105 cm³/mol. The van der Waals surface area contributed by atoms with E-state index in [1.165, 1.54) is 89.9 Å². The average molecular weight is 341 g/mol. The molecule has 0 saturated carbocycles. The molecule has 0 fully saturated rings. The molecule has 0 bridgehead atoms. The van der Waals surface area contributed by atoms with Crippen LogP contribution in [0.3, 0.4) is 0 Å². The lowest BCUT2D eigenvalue weighted by atomic mass is 10.1. The first-order valence-corrected chi connectivity index (χ1v) is 10.9. The van der Waals surface area contributed by atoms with Gasteiger partial charge in [0.2, 0.25) is 0 Å². The van der Waals surface area contributed by atoms with Crippen LogP contribution >= 0.6 is 0 Å². The van der Waals surface area contributed by atoms with E-state index < -0.39 is 0 Å². The van der Waals surface area contributed by atoms with Gasteiger partial charge in [-0.3, -0.25) is 4.79 Å². The lowest BCUT2D eigenvalue weighted by molar-refractivity contribution is -0.148. The SMILES string of the molecule is CCCCCCCCCCC(=O)OC(C)CCCCCCCCC. The Bertz CT molecular complexity index is 263. The van der Waals surface area contributed by atoms with Gasteiger partial charge in [-0.25, -0.2) is 0 Å².